The normalized spacial score (nSPS) is 11.2. The van der Waals surface area contributed by atoms with E-state index in [9.17, 15) is 4.79 Å². The summed E-state index contributed by atoms with van der Waals surface area (Å²) in [5, 5.41) is 4.03. The third-order valence-corrected chi connectivity index (χ3v) is 5.16. The molecule has 7 nitrogen and oxygen atoms in total. The number of pyridine rings is 1. The highest BCUT2D eigenvalue weighted by molar-refractivity contribution is 5.82. The van der Waals surface area contributed by atoms with Gasteiger partial charge in [0.05, 0.1) is 19.3 Å². The number of aromatic nitrogens is 4. The molecule has 4 aromatic rings. The lowest BCUT2D eigenvalue weighted by molar-refractivity contribution is -0.117. The van der Waals surface area contributed by atoms with Crippen molar-refractivity contribution in [2.45, 2.75) is 40.2 Å². The van der Waals surface area contributed by atoms with Gasteiger partial charge in [-0.1, -0.05) is 17.3 Å². The van der Waals surface area contributed by atoms with Crippen molar-refractivity contribution in [1.82, 2.24) is 19.7 Å². The first-order chi connectivity index (χ1) is 14.5. The van der Waals surface area contributed by atoms with Gasteiger partial charge in [-0.2, -0.15) is 0 Å². The summed E-state index contributed by atoms with van der Waals surface area (Å²) in [5.41, 5.74) is 5.32. The first-order valence-corrected chi connectivity index (χ1v) is 9.87. The minimum absolute atomic E-state index is 0.0663. The number of methoxy groups -OCH3 is 1. The quantitative estimate of drug-likeness (QED) is 0.461. The summed E-state index contributed by atoms with van der Waals surface area (Å²) in [7, 11) is 1.66. The average molecular weight is 404 g/mol. The number of ether oxygens (including phenoxy) is 1. The number of hydrogen-bond donors (Lipinski definition) is 0. The number of rotatable bonds is 7. The van der Waals surface area contributed by atoms with Crippen LogP contribution in [0.3, 0.4) is 0 Å². The van der Waals surface area contributed by atoms with E-state index >= 15 is 0 Å². The van der Waals surface area contributed by atoms with Crippen LogP contribution in [-0.2, 0) is 24.2 Å². The predicted molar refractivity (Wildman–Crippen MR) is 114 cm³/mol. The van der Waals surface area contributed by atoms with Crippen LogP contribution < -0.4 is 4.74 Å². The minimum atomic E-state index is 0.0663. The van der Waals surface area contributed by atoms with Gasteiger partial charge in [0, 0.05) is 23.7 Å². The molecule has 0 bridgehead atoms. The highest BCUT2D eigenvalue weighted by atomic mass is 16.5. The number of fused-ring (bicyclic) bond motifs is 1. The lowest BCUT2D eigenvalue weighted by atomic mass is 10.1. The Hall–Kier alpha value is -3.48. The highest BCUT2D eigenvalue weighted by Gasteiger charge is 2.17. The number of hydrogen-bond acceptors (Lipinski definition) is 6. The van der Waals surface area contributed by atoms with Crippen LogP contribution in [0.4, 0.5) is 0 Å². The molecule has 0 N–H and O–H groups in total. The van der Waals surface area contributed by atoms with Crippen molar-refractivity contribution in [1.29, 1.82) is 0 Å². The predicted octanol–water partition coefficient (Wildman–Crippen LogP) is 4.09. The summed E-state index contributed by atoms with van der Waals surface area (Å²) in [6, 6.07) is 9.98. The molecule has 154 valence electrons. The van der Waals surface area contributed by atoms with Gasteiger partial charge < -0.3 is 13.8 Å². The summed E-state index contributed by atoms with van der Waals surface area (Å²) >= 11 is 0. The second-order valence-corrected chi connectivity index (χ2v) is 7.43. The molecular formula is C23H24N4O3. The molecule has 0 unspecified atom stereocenters. The molecule has 0 amide bonds. The number of benzene rings is 1. The van der Waals surface area contributed by atoms with Gasteiger partial charge in [0.15, 0.2) is 5.65 Å². The topological polar surface area (TPSA) is 83.0 Å². The number of Topliss-reactive ketones (excluding diaryl/α,β-unsaturated/α-hetero) is 1. The molecule has 3 aromatic heterocycles. The molecule has 0 aliphatic carbocycles. The van der Waals surface area contributed by atoms with E-state index in [1.54, 1.807) is 20.2 Å². The van der Waals surface area contributed by atoms with E-state index in [0.29, 0.717) is 12.1 Å². The van der Waals surface area contributed by atoms with E-state index in [1.807, 2.05) is 48.7 Å². The van der Waals surface area contributed by atoms with Crippen molar-refractivity contribution < 1.29 is 14.1 Å². The van der Waals surface area contributed by atoms with Gasteiger partial charge in [-0.05, 0) is 51.0 Å². The van der Waals surface area contributed by atoms with Gasteiger partial charge in [-0.25, -0.2) is 9.97 Å². The van der Waals surface area contributed by atoms with Crippen LogP contribution in [0.2, 0.25) is 0 Å². The summed E-state index contributed by atoms with van der Waals surface area (Å²) in [6.07, 6.45) is 3.30. The number of carbonyl (C=O) groups is 1. The molecule has 30 heavy (non-hydrogen) atoms. The van der Waals surface area contributed by atoms with Crippen molar-refractivity contribution in [3.8, 4) is 16.9 Å². The first-order valence-electron chi connectivity index (χ1n) is 9.87. The number of imidazole rings is 1. The molecule has 4 rings (SSSR count). The van der Waals surface area contributed by atoms with Crippen molar-refractivity contribution in [3.05, 3.63) is 59.4 Å². The molecule has 0 aliphatic rings. The van der Waals surface area contributed by atoms with Gasteiger partial charge in [0.25, 0.3) is 0 Å². The smallest absolute Gasteiger partial charge is 0.160 e. The molecule has 0 spiro atoms. The SMILES string of the molecule is COc1ccc(CCc2nc3cc(-c4c(C)noc4C)cnc3n2CC(C)=O)cc1. The summed E-state index contributed by atoms with van der Waals surface area (Å²) in [4.78, 5) is 21.3. The van der Waals surface area contributed by atoms with Crippen molar-refractivity contribution in [3.63, 3.8) is 0 Å². The van der Waals surface area contributed by atoms with Crippen molar-refractivity contribution in [2.75, 3.05) is 7.11 Å². The Labute approximate surface area is 174 Å². The molecule has 0 fully saturated rings. The standard InChI is InChI=1S/C23H24N4O3/c1-14(28)13-27-21(10-7-17-5-8-19(29-4)9-6-17)25-20-11-18(12-24-23(20)27)22-15(2)26-30-16(22)3/h5-6,8-9,11-12H,7,10,13H2,1-4H3. The van der Waals surface area contributed by atoms with E-state index in [-0.39, 0.29) is 12.3 Å². The molecule has 0 saturated carbocycles. The Balaban J connectivity index is 1.69. The Kier molecular flexibility index (Phi) is 5.35. The zero-order valence-corrected chi connectivity index (χ0v) is 17.6. The van der Waals surface area contributed by atoms with Crippen molar-refractivity contribution in [2.24, 2.45) is 0 Å². The molecule has 0 aliphatic heterocycles. The molecular weight excluding hydrogens is 380 g/mol. The first kappa shape index (κ1) is 19.8. The van der Waals surface area contributed by atoms with Crippen LogP contribution in [-0.4, -0.2) is 32.6 Å². The Bertz CT molecular complexity index is 1190. The highest BCUT2D eigenvalue weighted by Crippen LogP contribution is 2.29. The molecule has 0 saturated heterocycles. The zero-order chi connectivity index (χ0) is 21.3. The van der Waals surface area contributed by atoms with E-state index in [0.717, 1.165) is 46.1 Å². The Morgan fingerprint density at radius 1 is 1.17 bits per heavy atom. The number of aryl methyl sites for hydroxylation is 4. The summed E-state index contributed by atoms with van der Waals surface area (Å²) in [6.45, 7) is 5.63. The fraction of sp³-hybridized carbons (Fsp3) is 0.304. The maximum atomic E-state index is 11.9. The maximum Gasteiger partial charge on any atom is 0.160 e. The maximum absolute atomic E-state index is 11.9. The van der Waals surface area contributed by atoms with Crippen LogP contribution in [0, 0.1) is 13.8 Å². The Morgan fingerprint density at radius 2 is 1.93 bits per heavy atom. The molecule has 3 heterocycles. The molecule has 1 aromatic carbocycles. The van der Waals surface area contributed by atoms with Gasteiger partial charge in [-0.15, -0.1) is 0 Å². The Morgan fingerprint density at radius 3 is 2.57 bits per heavy atom. The summed E-state index contributed by atoms with van der Waals surface area (Å²) < 4.78 is 12.4. The van der Waals surface area contributed by atoms with Gasteiger partial charge in [0.1, 0.15) is 28.6 Å². The fourth-order valence-electron chi connectivity index (χ4n) is 3.72. The van der Waals surface area contributed by atoms with Crippen LogP contribution >= 0.6 is 0 Å². The van der Waals surface area contributed by atoms with Gasteiger partial charge in [-0.3, -0.25) is 4.79 Å². The van der Waals surface area contributed by atoms with Gasteiger partial charge >= 0.3 is 0 Å². The number of carbonyl (C=O) groups excluding carboxylic acids is 1. The molecule has 0 atom stereocenters. The largest absolute Gasteiger partial charge is 0.497 e. The van der Waals surface area contributed by atoms with Crippen LogP contribution in [0.15, 0.2) is 41.1 Å². The third kappa shape index (κ3) is 3.83. The second-order valence-electron chi connectivity index (χ2n) is 7.43. The zero-order valence-electron chi connectivity index (χ0n) is 17.6. The lowest BCUT2D eigenvalue weighted by Gasteiger charge is -2.07. The third-order valence-electron chi connectivity index (χ3n) is 5.16. The van der Waals surface area contributed by atoms with E-state index in [4.69, 9.17) is 14.2 Å². The van der Waals surface area contributed by atoms with E-state index in [2.05, 4.69) is 10.1 Å². The fourth-order valence-corrected chi connectivity index (χ4v) is 3.72. The van der Waals surface area contributed by atoms with Crippen LogP contribution in [0.25, 0.3) is 22.3 Å². The number of nitrogens with zero attached hydrogens (tertiary/aromatic N) is 4. The van der Waals surface area contributed by atoms with E-state index < -0.39 is 0 Å². The average Bonchev–Trinajstić information content (AvgIpc) is 3.25. The van der Waals surface area contributed by atoms with Crippen LogP contribution in [0.5, 0.6) is 5.75 Å². The molecule has 0 radical (unpaired) electrons. The number of ketones is 1. The summed E-state index contributed by atoms with van der Waals surface area (Å²) in [5.74, 6) is 2.49. The van der Waals surface area contributed by atoms with Crippen molar-refractivity contribution >= 4 is 16.9 Å². The second kappa shape index (κ2) is 8.10. The van der Waals surface area contributed by atoms with Gasteiger partial charge in [0.2, 0.25) is 0 Å². The minimum Gasteiger partial charge on any atom is -0.497 e. The lowest BCUT2D eigenvalue weighted by Crippen LogP contribution is -2.11. The molecule has 7 heteroatoms. The van der Waals surface area contributed by atoms with E-state index in [1.165, 1.54) is 5.56 Å². The monoisotopic (exact) mass is 404 g/mol. The van der Waals surface area contributed by atoms with Crippen LogP contribution in [0.1, 0.15) is 29.8 Å².